The zero-order chi connectivity index (χ0) is 14.3. The monoisotopic (exact) mass is 264 g/mol. The molecule has 1 aliphatic carbocycles. The summed E-state index contributed by atoms with van der Waals surface area (Å²) in [5, 5.41) is 0. The molecule has 1 aliphatic heterocycles. The van der Waals surface area contributed by atoms with Gasteiger partial charge in [0.15, 0.2) is 5.41 Å². The van der Waals surface area contributed by atoms with E-state index in [1.807, 2.05) is 12.2 Å². The Morgan fingerprint density at radius 3 is 2.32 bits per heavy atom. The Kier molecular flexibility index (Phi) is 3.29. The zero-order valence-electron chi connectivity index (χ0n) is 11.5. The maximum Gasteiger partial charge on any atom is 0.323 e. The van der Waals surface area contributed by atoms with E-state index in [2.05, 4.69) is 13.2 Å². The summed E-state index contributed by atoms with van der Waals surface area (Å²) >= 11 is 0. The van der Waals surface area contributed by atoms with Crippen LogP contribution in [0.3, 0.4) is 0 Å². The standard InChI is InChI=1S/C15H20O4/c1-5-10-7-8-11(6-2)15(10)9-14(3,12(16)18-4)13(17)19-15/h5-6,10-11H,1-2,7-9H2,3-4H3/t10-,11-,14+/m1/s1. The fourth-order valence-electron chi connectivity index (χ4n) is 3.50. The molecule has 1 spiro atoms. The second-order valence-electron chi connectivity index (χ2n) is 5.61. The number of rotatable bonds is 3. The van der Waals surface area contributed by atoms with Crippen LogP contribution in [0.4, 0.5) is 0 Å². The lowest BCUT2D eigenvalue weighted by Gasteiger charge is -2.32. The number of methoxy groups -OCH3 is 1. The maximum absolute atomic E-state index is 12.2. The zero-order valence-corrected chi connectivity index (χ0v) is 11.5. The van der Waals surface area contributed by atoms with Gasteiger partial charge in [0.1, 0.15) is 5.60 Å². The van der Waals surface area contributed by atoms with Gasteiger partial charge in [0.25, 0.3) is 0 Å². The lowest BCUT2D eigenvalue weighted by atomic mass is 9.74. The van der Waals surface area contributed by atoms with E-state index in [1.54, 1.807) is 6.92 Å². The molecule has 0 unspecified atom stereocenters. The van der Waals surface area contributed by atoms with Gasteiger partial charge in [-0.1, -0.05) is 12.2 Å². The Balaban J connectivity index is 2.41. The van der Waals surface area contributed by atoms with Crippen LogP contribution in [0.15, 0.2) is 25.3 Å². The third-order valence-corrected chi connectivity index (χ3v) is 4.61. The molecule has 0 amide bonds. The van der Waals surface area contributed by atoms with Crippen molar-refractivity contribution in [3.05, 3.63) is 25.3 Å². The van der Waals surface area contributed by atoms with Crippen molar-refractivity contribution in [3.63, 3.8) is 0 Å². The number of hydrogen-bond acceptors (Lipinski definition) is 4. The highest BCUT2D eigenvalue weighted by Gasteiger charge is 2.65. The van der Waals surface area contributed by atoms with Gasteiger partial charge >= 0.3 is 11.9 Å². The molecule has 4 nitrogen and oxygen atoms in total. The molecule has 1 saturated carbocycles. The second kappa shape index (κ2) is 4.51. The van der Waals surface area contributed by atoms with Gasteiger partial charge in [-0.15, -0.1) is 13.2 Å². The van der Waals surface area contributed by atoms with E-state index in [1.165, 1.54) is 7.11 Å². The SMILES string of the molecule is C=C[C@@H]1CC[C@@H](C=C)C12C[C@@](C)(C(=O)OC)C(=O)O2. The first-order valence-electron chi connectivity index (χ1n) is 6.51. The van der Waals surface area contributed by atoms with Crippen molar-refractivity contribution in [2.24, 2.45) is 17.3 Å². The highest BCUT2D eigenvalue weighted by molar-refractivity contribution is 6.01. The lowest BCUT2D eigenvalue weighted by molar-refractivity contribution is -0.164. The molecule has 0 aromatic heterocycles. The van der Waals surface area contributed by atoms with Gasteiger partial charge in [-0.3, -0.25) is 9.59 Å². The summed E-state index contributed by atoms with van der Waals surface area (Å²) in [6.45, 7) is 9.24. The molecule has 0 aromatic carbocycles. The Labute approximate surface area is 113 Å². The number of hydrogen-bond donors (Lipinski definition) is 0. The molecule has 0 radical (unpaired) electrons. The molecule has 0 aromatic rings. The molecule has 2 fully saturated rings. The Morgan fingerprint density at radius 2 is 1.89 bits per heavy atom. The molecule has 1 heterocycles. The fourth-order valence-corrected chi connectivity index (χ4v) is 3.50. The van der Waals surface area contributed by atoms with Gasteiger partial charge in [0.05, 0.1) is 7.11 Å². The van der Waals surface area contributed by atoms with E-state index in [0.29, 0.717) is 6.42 Å². The van der Waals surface area contributed by atoms with Crippen molar-refractivity contribution in [3.8, 4) is 0 Å². The van der Waals surface area contributed by atoms with Crippen LogP contribution in [0.25, 0.3) is 0 Å². The Hall–Kier alpha value is -1.58. The van der Waals surface area contributed by atoms with Crippen molar-refractivity contribution in [1.82, 2.24) is 0 Å². The topological polar surface area (TPSA) is 52.6 Å². The minimum absolute atomic E-state index is 0.0610. The van der Waals surface area contributed by atoms with Crippen LogP contribution in [-0.2, 0) is 19.1 Å². The molecule has 0 bridgehead atoms. The lowest BCUT2D eigenvalue weighted by Crippen LogP contribution is -2.39. The average Bonchev–Trinajstić information content (AvgIpc) is 2.87. The molecular weight excluding hydrogens is 244 g/mol. The third kappa shape index (κ3) is 1.73. The normalized spacial score (nSPS) is 36.0. The molecule has 2 aliphatic rings. The molecule has 4 heteroatoms. The van der Waals surface area contributed by atoms with Crippen molar-refractivity contribution in [2.75, 3.05) is 7.11 Å². The molecule has 3 atom stereocenters. The fraction of sp³-hybridized carbons (Fsp3) is 0.600. The van der Waals surface area contributed by atoms with Crippen LogP contribution in [0.1, 0.15) is 26.2 Å². The number of carbonyl (C=O) groups is 2. The van der Waals surface area contributed by atoms with Gasteiger partial charge in [0.2, 0.25) is 0 Å². The third-order valence-electron chi connectivity index (χ3n) is 4.61. The van der Waals surface area contributed by atoms with Gasteiger partial charge in [-0.2, -0.15) is 0 Å². The first kappa shape index (κ1) is 13.8. The van der Waals surface area contributed by atoms with E-state index in [-0.39, 0.29) is 11.8 Å². The van der Waals surface area contributed by atoms with Gasteiger partial charge in [-0.25, -0.2) is 0 Å². The smallest absolute Gasteiger partial charge is 0.323 e. The largest absolute Gasteiger partial charge is 0.468 e. The highest BCUT2D eigenvalue weighted by atomic mass is 16.6. The first-order chi connectivity index (χ1) is 8.94. The van der Waals surface area contributed by atoms with Crippen LogP contribution < -0.4 is 0 Å². The minimum atomic E-state index is -1.22. The summed E-state index contributed by atoms with van der Waals surface area (Å²) in [5.74, 6) is -0.913. The molecule has 0 N–H and O–H groups in total. The van der Waals surface area contributed by atoms with Crippen molar-refractivity contribution < 1.29 is 19.1 Å². The predicted molar refractivity (Wildman–Crippen MR) is 70.2 cm³/mol. The van der Waals surface area contributed by atoms with E-state index in [9.17, 15) is 9.59 Å². The molecule has 2 rings (SSSR count). The van der Waals surface area contributed by atoms with Gasteiger partial charge < -0.3 is 9.47 Å². The van der Waals surface area contributed by atoms with Gasteiger partial charge in [0, 0.05) is 18.3 Å². The Morgan fingerprint density at radius 1 is 1.37 bits per heavy atom. The quantitative estimate of drug-likeness (QED) is 0.445. The van der Waals surface area contributed by atoms with Crippen molar-refractivity contribution in [2.45, 2.75) is 31.8 Å². The van der Waals surface area contributed by atoms with Crippen molar-refractivity contribution in [1.29, 1.82) is 0 Å². The maximum atomic E-state index is 12.2. The van der Waals surface area contributed by atoms with E-state index in [0.717, 1.165) is 12.8 Å². The highest BCUT2D eigenvalue weighted by Crippen LogP contribution is 2.55. The predicted octanol–water partition coefficient (Wildman–Crippen LogP) is 2.25. The number of ether oxygens (including phenoxy) is 2. The summed E-state index contributed by atoms with van der Waals surface area (Å²) < 4.78 is 10.4. The Bertz CT molecular complexity index is 423. The number of carbonyl (C=O) groups excluding carboxylic acids is 2. The summed E-state index contributed by atoms with van der Waals surface area (Å²) in [6.07, 6.45) is 5.76. The molecular formula is C15H20O4. The minimum Gasteiger partial charge on any atom is -0.468 e. The van der Waals surface area contributed by atoms with Crippen LogP contribution in [0.2, 0.25) is 0 Å². The van der Waals surface area contributed by atoms with E-state index < -0.39 is 23.0 Å². The van der Waals surface area contributed by atoms with Crippen LogP contribution >= 0.6 is 0 Å². The van der Waals surface area contributed by atoms with Crippen molar-refractivity contribution >= 4 is 11.9 Å². The molecule has 1 saturated heterocycles. The van der Waals surface area contributed by atoms with E-state index in [4.69, 9.17) is 9.47 Å². The summed E-state index contributed by atoms with van der Waals surface area (Å²) in [4.78, 5) is 24.1. The van der Waals surface area contributed by atoms with E-state index >= 15 is 0 Å². The molecule has 104 valence electrons. The molecule has 19 heavy (non-hydrogen) atoms. The summed E-state index contributed by atoms with van der Waals surface area (Å²) in [6, 6.07) is 0. The van der Waals surface area contributed by atoms with Crippen LogP contribution in [0, 0.1) is 17.3 Å². The summed E-state index contributed by atoms with van der Waals surface area (Å²) in [7, 11) is 1.29. The first-order valence-corrected chi connectivity index (χ1v) is 6.51. The average molecular weight is 264 g/mol. The van der Waals surface area contributed by atoms with Gasteiger partial charge in [-0.05, 0) is 19.8 Å². The van der Waals surface area contributed by atoms with Crippen LogP contribution in [0.5, 0.6) is 0 Å². The second-order valence-corrected chi connectivity index (χ2v) is 5.61. The van der Waals surface area contributed by atoms with Crippen LogP contribution in [-0.4, -0.2) is 24.6 Å². The summed E-state index contributed by atoms with van der Waals surface area (Å²) in [5.41, 5.74) is -1.90. The number of esters is 2.